The van der Waals surface area contributed by atoms with Crippen LogP contribution in [0.1, 0.15) is 24.1 Å². The lowest BCUT2D eigenvalue weighted by Gasteiger charge is -2.04. The highest BCUT2D eigenvalue weighted by Gasteiger charge is 2.04. The Morgan fingerprint density at radius 2 is 2.36 bits per heavy atom. The molecule has 1 atom stereocenters. The summed E-state index contributed by atoms with van der Waals surface area (Å²) in [6.07, 6.45) is 8.57. The predicted molar refractivity (Wildman–Crippen MR) is 44.0 cm³/mol. The maximum atomic E-state index is 5.27. The fourth-order valence-corrected chi connectivity index (χ4v) is 0.916. The fourth-order valence-electron chi connectivity index (χ4n) is 0.916. The van der Waals surface area contributed by atoms with Crippen LogP contribution in [0.25, 0.3) is 0 Å². The third kappa shape index (κ3) is 1.56. The van der Waals surface area contributed by atoms with Gasteiger partial charge in [0.1, 0.15) is 6.33 Å². The standard InChI is InChI=1S/C9H10N2/c1-4-7(2)9-5-10-6-11-8(9)3/h1,5-7H,2-3H3. The number of aryl methyl sites for hydroxylation is 1. The average molecular weight is 146 g/mol. The minimum atomic E-state index is 0.108. The molecule has 0 bridgehead atoms. The molecule has 0 N–H and O–H groups in total. The van der Waals surface area contributed by atoms with E-state index in [1.807, 2.05) is 13.8 Å². The highest BCUT2D eigenvalue weighted by atomic mass is 14.8. The SMILES string of the molecule is C#CC(C)c1cncnc1C. The van der Waals surface area contributed by atoms with Gasteiger partial charge in [0.2, 0.25) is 0 Å². The van der Waals surface area contributed by atoms with Crippen molar-refractivity contribution in [3.63, 3.8) is 0 Å². The second kappa shape index (κ2) is 3.16. The van der Waals surface area contributed by atoms with Gasteiger partial charge in [-0.3, -0.25) is 0 Å². The lowest BCUT2D eigenvalue weighted by molar-refractivity contribution is 0.928. The van der Waals surface area contributed by atoms with Crippen LogP contribution in [-0.4, -0.2) is 9.97 Å². The molecule has 1 rings (SSSR count). The lowest BCUT2D eigenvalue weighted by Crippen LogP contribution is -1.96. The summed E-state index contributed by atoms with van der Waals surface area (Å²) in [5, 5.41) is 0. The van der Waals surface area contributed by atoms with Crippen LogP contribution in [0.15, 0.2) is 12.5 Å². The van der Waals surface area contributed by atoms with Gasteiger partial charge in [0.05, 0.1) is 0 Å². The van der Waals surface area contributed by atoms with Crippen molar-refractivity contribution in [2.75, 3.05) is 0 Å². The quantitative estimate of drug-likeness (QED) is 0.561. The summed E-state index contributed by atoms with van der Waals surface area (Å²) >= 11 is 0. The van der Waals surface area contributed by atoms with Crippen molar-refractivity contribution in [3.05, 3.63) is 23.8 Å². The molecule has 1 heterocycles. The van der Waals surface area contributed by atoms with Gasteiger partial charge in [-0.2, -0.15) is 0 Å². The molecule has 0 aromatic carbocycles. The van der Waals surface area contributed by atoms with E-state index in [1.165, 1.54) is 6.33 Å². The Morgan fingerprint density at radius 1 is 1.64 bits per heavy atom. The van der Waals surface area contributed by atoms with E-state index in [0.29, 0.717) is 0 Å². The van der Waals surface area contributed by atoms with Gasteiger partial charge in [-0.1, -0.05) is 5.92 Å². The first-order chi connectivity index (χ1) is 5.25. The summed E-state index contributed by atoms with van der Waals surface area (Å²) in [6.45, 7) is 3.90. The topological polar surface area (TPSA) is 25.8 Å². The lowest BCUT2D eigenvalue weighted by atomic mass is 10.0. The van der Waals surface area contributed by atoms with Crippen molar-refractivity contribution < 1.29 is 0 Å². The highest BCUT2D eigenvalue weighted by molar-refractivity contribution is 5.25. The highest BCUT2D eigenvalue weighted by Crippen LogP contribution is 2.14. The molecule has 11 heavy (non-hydrogen) atoms. The van der Waals surface area contributed by atoms with Gasteiger partial charge in [-0.05, 0) is 13.8 Å². The van der Waals surface area contributed by atoms with Gasteiger partial charge >= 0.3 is 0 Å². The number of aromatic nitrogens is 2. The molecule has 1 aromatic heterocycles. The molecule has 0 spiro atoms. The first-order valence-electron chi connectivity index (χ1n) is 3.48. The molecule has 56 valence electrons. The predicted octanol–water partition coefficient (Wildman–Crippen LogP) is 1.52. The first kappa shape index (κ1) is 7.74. The minimum Gasteiger partial charge on any atom is -0.244 e. The number of hydrogen-bond donors (Lipinski definition) is 0. The maximum Gasteiger partial charge on any atom is 0.115 e. The van der Waals surface area contributed by atoms with Gasteiger partial charge in [0, 0.05) is 23.4 Å². The maximum absolute atomic E-state index is 5.27. The normalized spacial score (nSPS) is 12.1. The summed E-state index contributed by atoms with van der Waals surface area (Å²) in [4.78, 5) is 7.95. The van der Waals surface area contributed by atoms with Crippen LogP contribution >= 0.6 is 0 Å². The molecule has 0 saturated carbocycles. The molecule has 2 heteroatoms. The van der Waals surface area contributed by atoms with Crippen molar-refractivity contribution in [2.24, 2.45) is 0 Å². The van der Waals surface area contributed by atoms with Gasteiger partial charge in [-0.25, -0.2) is 9.97 Å². The van der Waals surface area contributed by atoms with Crippen molar-refractivity contribution >= 4 is 0 Å². The summed E-state index contributed by atoms with van der Waals surface area (Å²) < 4.78 is 0. The fraction of sp³-hybridized carbons (Fsp3) is 0.333. The zero-order valence-electron chi connectivity index (χ0n) is 6.70. The minimum absolute atomic E-state index is 0.108. The number of nitrogens with zero attached hydrogens (tertiary/aromatic N) is 2. The van der Waals surface area contributed by atoms with Crippen molar-refractivity contribution in [2.45, 2.75) is 19.8 Å². The van der Waals surface area contributed by atoms with E-state index in [1.54, 1.807) is 6.20 Å². The van der Waals surface area contributed by atoms with Gasteiger partial charge in [-0.15, -0.1) is 6.42 Å². The average Bonchev–Trinajstić information content (AvgIpc) is 2.04. The van der Waals surface area contributed by atoms with Crippen LogP contribution in [0.5, 0.6) is 0 Å². The molecular formula is C9H10N2. The van der Waals surface area contributed by atoms with Crippen molar-refractivity contribution in [1.29, 1.82) is 0 Å². The smallest absolute Gasteiger partial charge is 0.115 e. The zero-order chi connectivity index (χ0) is 8.27. The zero-order valence-corrected chi connectivity index (χ0v) is 6.70. The van der Waals surface area contributed by atoms with E-state index >= 15 is 0 Å². The van der Waals surface area contributed by atoms with E-state index in [9.17, 15) is 0 Å². The summed E-state index contributed by atoms with van der Waals surface area (Å²) in [7, 11) is 0. The molecule has 2 nitrogen and oxygen atoms in total. The summed E-state index contributed by atoms with van der Waals surface area (Å²) in [6, 6.07) is 0. The molecule has 0 saturated heterocycles. The van der Waals surface area contributed by atoms with Gasteiger partial charge in [0.25, 0.3) is 0 Å². The Bertz CT molecular complexity index is 286. The second-order valence-electron chi connectivity index (χ2n) is 2.45. The van der Waals surface area contributed by atoms with Crippen LogP contribution in [0.4, 0.5) is 0 Å². The van der Waals surface area contributed by atoms with Crippen LogP contribution in [0.3, 0.4) is 0 Å². The van der Waals surface area contributed by atoms with Crippen molar-refractivity contribution in [1.82, 2.24) is 9.97 Å². The van der Waals surface area contributed by atoms with Crippen LogP contribution in [-0.2, 0) is 0 Å². The van der Waals surface area contributed by atoms with E-state index in [-0.39, 0.29) is 5.92 Å². The summed E-state index contributed by atoms with van der Waals surface area (Å²) in [5.41, 5.74) is 2.00. The van der Waals surface area contributed by atoms with E-state index in [2.05, 4.69) is 15.9 Å². The van der Waals surface area contributed by atoms with Crippen LogP contribution in [0.2, 0.25) is 0 Å². The van der Waals surface area contributed by atoms with E-state index in [4.69, 9.17) is 6.42 Å². The van der Waals surface area contributed by atoms with Crippen molar-refractivity contribution in [3.8, 4) is 12.3 Å². The molecule has 0 aliphatic carbocycles. The Hall–Kier alpha value is -1.36. The van der Waals surface area contributed by atoms with Gasteiger partial charge in [0.15, 0.2) is 0 Å². The number of hydrogen-bond acceptors (Lipinski definition) is 2. The largest absolute Gasteiger partial charge is 0.244 e. The Balaban J connectivity index is 3.05. The number of terminal acetylenes is 1. The Morgan fingerprint density at radius 3 is 2.91 bits per heavy atom. The molecule has 0 radical (unpaired) electrons. The first-order valence-corrected chi connectivity index (χ1v) is 3.48. The van der Waals surface area contributed by atoms with E-state index < -0.39 is 0 Å². The molecular weight excluding hydrogens is 136 g/mol. The molecule has 0 aliphatic heterocycles. The third-order valence-electron chi connectivity index (χ3n) is 1.67. The van der Waals surface area contributed by atoms with E-state index in [0.717, 1.165) is 11.3 Å². The second-order valence-corrected chi connectivity index (χ2v) is 2.45. The summed E-state index contributed by atoms with van der Waals surface area (Å²) in [5.74, 6) is 2.75. The molecule has 1 aromatic rings. The monoisotopic (exact) mass is 146 g/mol. The number of rotatable bonds is 1. The molecule has 1 unspecified atom stereocenters. The molecule has 0 fully saturated rings. The molecule has 0 aliphatic rings. The molecule has 0 amide bonds. The Labute approximate surface area is 66.7 Å². The van der Waals surface area contributed by atoms with Crippen LogP contribution < -0.4 is 0 Å². The Kier molecular flexibility index (Phi) is 2.22. The van der Waals surface area contributed by atoms with Crippen LogP contribution in [0, 0.1) is 19.3 Å². The third-order valence-corrected chi connectivity index (χ3v) is 1.67. The van der Waals surface area contributed by atoms with Gasteiger partial charge < -0.3 is 0 Å².